The van der Waals surface area contributed by atoms with E-state index in [0.717, 1.165) is 55.3 Å². The lowest BCUT2D eigenvalue weighted by Gasteiger charge is -2.31. The van der Waals surface area contributed by atoms with E-state index in [1.807, 2.05) is 6.20 Å². The maximum absolute atomic E-state index is 13.4. The summed E-state index contributed by atoms with van der Waals surface area (Å²) in [6, 6.07) is 3.54. The molecule has 0 amide bonds. The SMILES string of the molecule is Fc1ccc2c(-c3ncc4c(n3)N(C3CCOCC3)CN4)cnn2c1. The van der Waals surface area contributed by atoms with E-state index in [0.29, 0.717) is 11.9 Å². The molecular weight excluding hydrogens is 323 g/mol. The molecule has 0 bridgehead atoms. The Hall–Kier alpha value is -2.74. The summed E-state index contributed by atoms with van der Waals surface area (Å²) in [4.78, 5) is 11.5. The number of anilines is 2. The number of hydrogen-bond donors (Lipinski definition) is 1. The monoisotopic (exact) mass is 340 g/mol. The van der Waals surface area contributed by atoms with Crippen molar-refractivity contribution in [2.24, 2.45) is 0 Å². The Bertz CT molecular complexity index is 936. The van der Waals surface area contributed by atoms with Crippen molar-refractivity contribution in [3.8, 4) is 11.4 Å². The van der Waals surface area contributed by atoms with Crippen LogP contribution in [0.15, 0.2) is 30.7 Å². The van der Waals surface area contributed by atoms with E-state index >= 15 is 0 Å². The van der Waals surface area contributed by atoms with Crippen molar-refractivity contribution in [1.82, 2.24) is 19.6 Å². The summed E-state index contributed by atoms with van der Waals surface area (Å²) < 4.78 is 20.3. The molecule has 2 aliphatic heterocycles. The number of halogens is 1. The second-order valence-electron chi connectivity index (χ2n) is 6.31. The normalized spacial score (nSPS) is 17.7. The Balaban J connectivity index is 1.55. The molecule has 2 aliphatic rings. The molecule has 0 atom stereocenters. The van der Waals surface area contributed by atoms with Gasteiger partial charge in [0.25, 0.3) is 0 Å². The maximum Gasteiger partial charge on any atom is 0.165 e. The molecule has 0 aliphatic carbocycles. The van der Waals surface area contributed by atoms with Crippen LogP contribution in [-0.4, -0.2) is 45.5 Å². The molecule has 128 valence electrons. The molecular formula is C17H17FN6O. The Morgan fingerprint density at radius 3 is 2.96 bits per heavy atom. The maximum atomic E-state index is 13.4. The van der Waals surface area contributed by atoms with Crippen molar-refractivity contribution in [2.75, 3.05) is 30.1 Å². The van der Waals surface area contributed by atoms with Gasteiger partial charge >= 0.3 is 0 Å². The first-order valence-corrected chi connectivity index (χ1v) is 8.38. The molecule has 1 fully saturated rings. The van der Waals surface area contributed by atoms with E-state index in [4.69, 9.17) is 9.72 Å². The first-order chi connectivity index (χ1) is 12.3. The number of aromatic nitrogens is 4. The first kappa shape index (κ1) is 14.6. The second kappa shape index (κ2) is 5.66. The van der Waals surface area contributed by atoms with Crippen molar-refractivity contribution in [3.05, 3.63) is 36.5 Å². The lowest BCUT2D eigenvalue weighted by molar-refractivity contribution is 0.0849. The van der Waals surface area contributed by atoms with Gasteiger partial charge in [0.1, 0.15) is 5.82 Å². The topological polar surface area (TPSA) is 67.6 Å². The van der Waals surface area contributed by atoms with Crippen LogP contribution in [-0.2, 0) is 4.74 Å². The Kier molecular flexibility index (Phi) is 3.30. The molecule has 1 N–H and O–H groups in total. The predicted molar refractivity (Wildman–Crippen MR) is 91.0 cm³/mol. The summed E-state index contributed by atoms with van der Waals surface area (Å²) in [7, 11) is 0. The van der Waals surface area contributed by atoms with Crippen molar-refractivity contribution in [2.45, 2.75) is 18.9 Å². The number of nitrogens with one attached hydrogen (secondary N) is 1. The lowest BCUT2D eigenvalue weighted by atomic mass is 10.1. The van der Waals surface area contributed by atoms with Gasteiger partial charge in [-0.1, -0.05) is 0 Å². The van der Waals surface area contributed by atoms with Crippen molar-refractivity contribution in [1.29, 1.82) is 0 Å². The number of rotatable bonds is 2. The molecule has 25 heavy (non-hydrogen) atoms. The van der Waals surface area contributed by atoms with E-state index < -0.39 is 0 Å². The van der Waals surface area contributed by atoms with E-state index in [-0.39, 0.29) is 5.82 Å². The van der Waals surface area contributed by atoms with Gasteiger partial charge < -0.3 is 15.0 Å². The van der Waals surface area contributed by atoms with E-state index in [1.165, 1.54) is 16.8 Å². The minimum absolute atomic E-state index is 0.327. The Morgan fingerprint density at radius 1 is 1.20 bits per heavy atom. The largest absolute Gasteiger partial charge is 0.381 e. The summed E-state index contributed by atoms with van der Waals surface area (Å²) >= 11 is 0. The average molecular weight is 340 g/mol. The fourth-order valence-electron chi connectivity index (χ4n) is 3.52. The zero-order valence-electron chi connectivity index (χ0n) is 13.5. The number of nitrogens with zero attached hydrogens (tertiary/aromatic N) is 5. The van der Waals surface area contributed by atoms with Gasteiger partial charge in [0.05, 0.1) is 42.0 Å². The molecule has 0 radical (unpaired) electrons. The first-order valence-electron chi connectivity index (χ1n) is 8.38. The van der Waals surface area contributed by atoms with Crippen LogP contribution < -0.4 is 10.2 Å². The molecule has 5 heterocycles. The standard InChI is InChI=1S/C17H17FN6O/c18-11-1-2-15-13(7-21-24(15)9-11)16-19-8-14-17(22-16)23(10-20-14)12-3-5-25-6-4-12/h1-2,7-9,12,20H,3-6,10H2. The summed E-state index contributed by atoms with van der Waals surface area (Å²) in [5.74, 6) is 1.19. The molecule has 0 aromatic carbocycles. The van der Waals surface area contributed by atoms with Crippen LogP contribution in [0.2, 0.25) is 0 Å². The zero-order chi connectivity index (χ0) is 16.8. The van der Waals surface area contributed by atoms with Gasteiger partial charge in [-0.3, -0.25) is 0 Å². The van der Waals surface area contributed by atoms with Gasteiger partial charge in [-0.15, -0.1) is 0 Å². The van der Waals surface area contributed by atoms with Crippen LogP contribution in [0.3, 0.4) is 0 Å². The molecule has 8 heteroatoms. The molecule has 7 nitrogen and oxygen atoms in total. The summed E-state index contributed by atoms with van der Waals surface area (Å²) in [6.07, 6.45) is 6.83. The lowest BCUT2D eigenvalue weighted by Crippen LogP contribution is -2.39. The van der Waals surface area contributed by atoms with Gasteiger partial charge in [-0.2, -0.15) is 5.10 Å². The third-order valence-corrected chi connectivity index (χ3v) is 4.83. The fraction of sp³-hybridized carbons (Fsp3) is 0.353. The average Bonchev–Trinajstić information content (AvgIpc) is 3.25. The Labute approximate surface area is 143 Å². The van der Waals surface area contributed by atoms with Crippen molar-refractivity contribution < 1.29 is 9.13 Å². The predicted octanol–water partition coefficient (Wildman–Crippen LogP) is 2.30. The van der Waals surface area contributed by atoms with Crippen LogP contribution in [0.5, 0.6) is 0 Å². The third kappa shape index (κ3) is 2.41. The zero-order valence-corrected chi connectivity index (χ0v) is 13.5. The number of hydrogen-bond acceptors (Lipinski definition) is 6. The highest BCUT2D eigenvalue weighted by atomic mass is 19.1. The van der Waals surface area contributed by atoms with E-state index in [1.54, 1.807) is 12.3 Å². The minimum atomic E-state index is -0.327. The second-order valence-corrected chi connectivity index (χ2v) is 6.31. The highest BCUT2D eigenvalue weighted by molar-refractivity contribution is 5.79. The summed E-state index contributed by atoms with van der Waals surface area (Å²) in [5.41, 5.74) is 2.52. The highest BCUT2D eigenvalue weighted by Gasteiger charge is 2.29. The highest BCUT2D eigenvalue weighted by Crippen LogP contribution is 2.34. The van der Waals surface area contributed by atoms with E-state index in [9.17, 15) is 4.39 Å². The van der Waals surface area contributed by atoms with Gasteiger partial charge in [0.15, 0.2) is 11.6 Å². The molecule has 3 aromatic rings. The van der Waals surface area contributed by atoms with Crippen molar-refractivity contribution in [3.63, 3.8) is 0 Å². The van der Waals surface area contributed by atoms with Gasteiger partial charge in [0.2, 0.25) is 0 Å². The quantitative estimate of drug-likeness (QED) is 0.772. The summed E-state index contributed by atoms with van der Waals surface area (Å²) in [5, 5.41) is 7.56. The smallest absolute Gasteiger partial charge is 0.165 e. The number of fused-ring (bicyclic) bond motifs is 2. The van der Waals surface area contributed by atoms with Crippen LogP contribution >= 0.6 is 0 Å². The van der Waals surface area contributed by atoms with Crippen LogP contribution in [0.25, 0.3) is 16.9 Å². The molecule has 0 spiro atoms. The molecule has 1 saturated heterocycles. The summed E-state index contributed by atoms with van der Waals surface area (Å²) in [6.45, 7) is 2.31. The van der Waals surface area contributed by atoms with Crippen molar-refractivity contribution >= 4 is 17.0 Å². The van der Waals surface area contributed by atoms with E-state index in [2.05, 4.69) is 20.3 Å². The van der Waals surface area contributed by atoms with Gasteiger partial charge in [-0.05, 0) is 25.0 Å². The molecule has 0 saturated carbocycles. The molecule has 0 unspecified atom stereocenters. The Morgan fingerprint density at radius 2 is 2.08 bits per heavy atom. The fourth-order valence-corrected chi connectivity index (χ4v) is 3.52. The van der Waals surface area contributed by atoms with Gasteiger partial charge in [0, 0.05) is 19.3 Å². The van der Waals surface area contributed by atoms with Crippen LogP contribution in [0, 0.1) is 5.82 Å². The number of pyridine rings is 1. The molecule has 5 rings (SSSR count). The number of ether oxygens (including phenoxy) is 1. The van der Waals surface area contributed by atoms with Crippen LogP contribution in [0.4, 0.5) is 15.9 Å². The minimum Gasteiger partial charge on any atom is -0.381 e. The van der Waals surface area contributed by atoms with Gasteiger partial charge in [-0.25, -0.2) is 18.9 Å². The molecule has 3 aromatic heterocycles. The third-order valence-electron chi connectivity index (χ3n) is 4.83. The van der Waals surface area contributed by atoms with Crippen LogP contribution in [0.1, 0.15) is 12.8 Å².